The highest BCUT2D eigenvalue weighted by Gasteiger charge is 2.51. The van der Waals surface area contributed by atoms with Crippen LogP contribution in [0.4, 0.5) is 18.0 Å². The molecule has 0 bridgehead atoms. The third-order valence-corrected chi connectivity index (χ3v) is 7.26. The topological polar surface area (TPSA) is 128 Å². The molecule has 0 radical (unpaired) electrons. The maximum absolute atomic E-state index is 13.2. The van der Waals surface area contributed by atoms with E-state index in [1.165, 1.54) is 0 Å². The molecule has 0 aromatic heterocycles. The summed E-state index contributed by atoms with van der Waals surface area (Å²) in [5.41, 5.74) is -2.45. The van der Waals surface area contributed by atoms with Gasteiger partial charge in [0.2, 0.25) is 5.91 Å². The minimum Gasteiger partial charge on any atom is -0.465 e. The van der Waals surface area contributed by atoms with Crippen LogP contribution < -0.4 is 5.32 Å². The van der Waals surface area contributed by atoms with Crippen LogP contribution >= 0.6 is 0 Å². The molecule has 8 nitrogen and oxygen atoms in total. The molecule has 2 atom stereocenters. The second-order valence-corrected chi connectivity index (χ2v) is 9.23. The molecule has 0 spiro atoms. The zero-order chi connectivity index (χ0) is 21.6. The smallest absolute Gasteiger partial charge is 0.417 e. The number of alkyl halides is 3. The molecule has 3 rings (SSSR count). The van der Waals surface area contributed by atoms with E-state index in [2.05, 4.69) is 5.32 Å². The highest BCUT2D eigenvalue weighted by Crippen LogP contribution is 2.38. The van der Waals surface area contributed by atoms with Gasteiger partial charge in [0.25, 0.3) is 0 Å². The Kier molecular flexibility index (Phi) is 4.98. The number of hydrogen-bond acceptors (Lipinski definition) is 5. The lowest BCUT2D eigenvalue weighted by molar-refractivity contribution is -0.139. The van der Waals surface area contributed by atoms with Crippen molar-refractivity contribution in [1.82, 2.24) is 10.2 Å². The fourth-order valence-corrected chi connectivity index (χ4v) is 5.23. The highest BCUT2D eigenvalue weighted by molar-refractivity contribution is 7.92. The number of halogens is 3. The van der Waals surface area contributed by atoms with Gasteiger partial charge in [0.1, 0.15) is 11.6 Å². The summed E-state index contributed by atoms with van der Waals surface area (Å²) < 4.78 is 65.5. The second-order valence-electron chi connectivity index (χ2n) is 7.03. The number of carbonyl (C=O) groups is 2. The first kappa shape index (κ1) is 20.9. The standard InChI is InChI=1S/C17H16F3N3O5S/c18-17(19,20)11-3-1-2-4-13(11)29(27,28)10-7-12(23(8-10)15(25)26)14(24)22-16(9-21)5-6-16/h1-4,10,12H,5-8H2,(H,22,24)(H,25,26)/t10-,12+/m1/s1. The van der Waals surface area contributed by atoms with Gasteiger partial charge in [-0.3, -0.25) is 9.69 Å². The summed E-state index contributed by atoms with van der Waals surface area (Å²) in [7, 11) is -4.59. The second kappa shape index (κ2) is 6.91. The number of amides is 2. The van der Waals surface area contributed by atoms with Crippen LogP contribution in [0.2, 0.25) is 0 Å². The van der Waals surface area contributed by atoms with Gasteiger partial charge in [-0.15, -0.1) is 0 Å². The molecular weight excluding hydrogens is 415 g/mol. The molecule has 2 N–H and O–H groups in total. The minimum atomic E-state index is -4.92. The van der Waals surface area contributed by atoms with E-state index in [-0.39, 0.29) is 0 Å². The van der Waals surface area contributed by atoms with Crippen LogP contribution in [0.5, 0.6) is 0 Å². The Bertz CT molecular complexity index is 998. The summed E-state index contributed by atoms with van der Waals surface area (Å²) >= 11 is 0. The van der Waals surface area contributed by atoms with Crippen molar-refractivity contribution in [2.75, 3.05) is 6.54 Å². The van der Waals surface area contributed by atoms with Gasteiger partial charge in [-0.25, -0.2) is 13.2 Å². The number of hydrogen-bond donors (Lipinski definition) is 2. The summed E-state index contributed by atoms with van der Waals surface area (Å²) in [6.07, 6.45) is -6.23. The number of benzene rings is 1. The van der Waals surface area contributed by atoms with Crippen LogP contribution in [0.15, 0.2) is 29.2 Å². The SMILES string of the molecule is N#CC1(NC(=O)[C@@H]2C[C@@H](S(=O)(=O)c3ccccc3C(F)(F)F)CN2C(=O)O)CC1. The van der Waals surface area contributed by atoms with Gasteiger partial charge in [-0.2, -0.15) is 18.4 Å². The number of likely N-dealkylation sites (tertiary alicyclic amines) is 1. The molecule has 0 unspecified atom stereocenters. The molecule has 1 heterocycles. The average Bonchev–Trinajstić information content (AvgIpc) is 3.25. The van der Waals surface area contributed by atoms with Crippen molar-refractivity contribution in [3.05, 3.63) is 29.8 Å². The van der Waals surface area contributed by atoms with Crippen LogP contribution in [0.3, 0.4) is 0 Å². The number of rotatable bonds is 4. The molecule has 1 saturated carbocycles. The molecule has 1 aliphatic heterocycles. The molecule has 2 aliphatic rings. The third kappa shape index (κ3) is 3.87. The van der Waals surface area contributed by atoms with Crippen molar-refractivity contribution in [1.29, 1.82) is 5.26 Å². The van der Waals surface area contributed by atoms with Crippen LogP contribution in [0.1, 0.15) is 24.8 Å². The van der Waals surface area contributed by atoms with Gasteiger partial charge in [0.05, 0.1) is 21.8 Å². The number of sulfone groups is 1. The summed E-state index contributed by atoms with van der Waals surface area (Å²) in [6, 6.07) is 4.11. The summed E-state index contributed by atoms with van der Waals surface area (Å²) in [6.45, 7) is -0.651. The molecule has 29 heavy (non-hydrogen) atoms. The minimum absolute atomic E-state index is 0.385. The normalized spacial score (nSPS) is 23.3. The van der Waals surface area contributed by atoms with E-state index < -0.39 is 68.3 Å². The lowest BCUT2D eigenvalue weighted by Gasteiger charge is -2.21. The fourth-order valence-electron chi connectivity index (χ4n) is 3.32. The first-order valence-corrected chi connectivity index (χ1v) is 10.1. The highest BCUT2D eigenvalue weighted by atomic mass is 32.2. The fraction of sp³-hybridized carbons (Fsp3) is 0.471. The predicted octanol–water partition coefficient (Wildman–Crippen LogP) is 1.77. The van der Waals surface area contributed by atoms with Crippen molar-refractivity contribution in [2.24, 2.45) is 0 Å². The molecule has 156 valence electrons. The van der Waals surface area contributed by atoms with E-state index in [4.69, 9.17) is 5.26 Å². The van der Waals surface area contributed by atoms with Gasteiger partial charge in [0, 0.05) is 6.54 Å². The molecule has 2 amide bonds. The molecule has 1 aromatic carbocycles. The van der Waals surface area contributed by atoms with Crippen molar-refractivity contribution < 1.29 is 36.3 Å². The van der Waals surface area contributed by atoms with Crippen LogP contribution in [-0.4, -0.2) is 53.8 Å². The van der Waals surface area contributed by atoms with Crippen molar-refractivity contribution in [2.45, 2.75) is 47.2 Å². The van der Waals surface area contributed by atoms with E-state index in [1.54, 1.807) is 0 Å². The number of nitrogens with zero attached hydrogens (tertiary/aromatic N) is 2. The molecule has 1 aromatic rings. The largest absolute Gasteiger partial charge is 0.465 e. The Balaban J connectivity index is 1.91. The summed E-state index contributed by atoms with van der Waals surface area (Å²) in [5, 5.41) is 19.3. The number of carbonyl (C=O) groups excluding carboxylic acids is 1. The van der Waals surface area contributed by atoms with Gasteiger partial charge >= 0.3 is 12.3 Å². The van der Waals surface area contributed by atoms with Crippen molar-refractivity contribution in [3.63, 3.8) is 0 Å². The van der Waals surface area contributed by atoms with Crippen LogP contribution in [0, 0.1) is 11.3 Å². The number of nitrogens with one attached hydrogen (secondary N) is 1. The number of carboxylic acid groups (broad SMARTS) is 1. The monoisotopic (exact) mass is 431 g/mol. The predicted molar refractivity (Wildman–Crippen MR) is 91.3 cm³/mol. The van der Waals surface area contributed by atoms with Crippen LogP contribution in [0.25, 0.3) is 0 Å². The zero-order valence-electron chi connectivity index (χ0n) is 14.8. The van der Waals surface area contributed by atoms with Crippen molar-refractivity contribution in [3.8, 4) is 6.07 Å². The Morgan fingerprint density at radius 2 is 1.90 bits per heavy atom. The van der Waals surface area contributed by atoms with Gasteiger partial charge in [0.15, 0.2) is 9.84 Å². The van der Waals surface area contributed by atoms with Crippen molar-refractivity contribution >= 4 is 21.8 Å². The maximum Gasteiger partial charge on any atom is 0.417 e. The average molecular weight is 431 g/mol. The molecule has 2 fully saturated rings. The van der Waals surface area contributed by atoms with Gasteiger partial charge < -0.3 is 10.4 Å². The Morgan fingerprint density at radius 1 is 1.28 bits per heavy atom. The van der Waals surface area contributed by atoms with Gasteiger partial charge in [-0.05, 0) is 31.4 Å². The molecule has 12 heteroatoms. The first-order chi connectivity index (χ1) is 13.4. The van der Waals surface area contributed by atoms with E-state index in [9.17, 15) is 36.3 Å². The Labute approximate surface area is 163 Å². The maximum atomic E-state index is 13.2. The van der Waals surface area contributed by atoms with E-state index in [1.807, 2.05) is 6.07 Å². The number of nitriles is 1. The quantitative estimate of drug-likeness (QED) is 0.748. The molecule has 1 aliphatic carbocycles. The molecule has 1 saturated heterocycles. The lowest BCUT2D eigenvalue weighted by Crippen LogP contribution is -2.49. The summed E-state index contributed by atoms with van der Waals surface area (Å²) in [4.78, 5) is 23.6. The van der Waals surface area contributed by atoms with E-state index in [0.29, 0.717) is 23.8 Å². The Hall–Kier alpha value is -2.81. The van der Waals surface area contributed by atoms with E-state index in [0.717, 1.165) is 18.2 Å². The van der Waals surface area contributed by atoms with E-state index >= 15 is 0 Å². The lowest BCUT2D eigenvalue weighted by atomic mass is 10.2. The summed E-state index contributed by atoms with van der Waals surface area (Å²) in [5.74, 6) is -0.840. The van der Waals surface area contributed by atoms with Crippen LogP contribution in [-0.2, 0) is 20.8 Å². The molecular formula is C17H16F3N3O5S. The first-order valence-electron chi connectivity index (χ1n) is 8.54. The third-order valence-electron chi connectivity index (χ3n) is 5.08. The Morgan fingerprint density at radius 3 is 2.41 bits per heavy atom. The van der Waals surface area contributed by atoms with Gasteiger partial charge in [-0.1, -0.05) is 12.1 Å². The zero-order valence-corrected chi connectivity index (χ0v) is 15.6.